The summed E-state index contributed by atoms with van der Waals surface area (Å²) in [5.41, 5.74) is 7.27. The Morgan fingerprint density at radius 1 is 1.08 bits per heavy atom. The highest BCUT2D eigenvalue weighted by molar-refractivity contribution is 5.57. The van der Waals surface area contributed by atoms with Crippen LogP contribution in [0.15, 0.2) is 47.1 Å². The summed E-state index contributed by atoms with van der Waals surface area (Å²) < 4.78 is 5.13. The van der Waals surface area contributed by atoms with E-state index in [2.05, 4.69) is 5.32 Å². The van der Waals surface area contributed by atoms with Crippen molar-refractivity contribution in [2.45, 2.75) is 0 Å². The first kappa shape index (κ1) is 7.73. The Morgan fingerprint density at radius 2 is 1.85 bits per heavy atom. The van der Waals surface area contributed by atoms with Gasteiger partial charge in [-0.2, -0.15) is 0 Å². The zero-order chi connectivity index (χ0) is 9.10. The van der Waals surface area contributed by atoms with Gasteiger partial charge in [0.15, 0.2) is 5.88 Å². The monoisotopic (exact) mass is 174 g/mol. The number of anilines is 3. The van der Waals surface area contributed by atoms with Gasteiger partial charge in [-0.25, -0.2) is 0 Å². The Morgan fingerprint density at radius 3 is 2.46 bits per heavy atom. The number of nitrogen functional groups attached to an aromatic ring is 1. The van der Waals surface area contributed by atoms with E-state index in [0.29, 0.717) is 0 Å². The summed E-state index contributed by atoms with van der Waals surface area (Å²) in [6.07, 6.45) is 1.62. The maximum Gasteiger partial charge on any atom is 0.196 e. The van der Waals surface area contributed by atoms with E-state index < -0.39 is 0 Å². The summed E-state index contributed by atoms with van der Waals surface area (Å²) in [6, 6.07) is 11.2. The molecule has 0 saturated heterocycles. The van der Waals surface area contributed by atoms with E-state index >= 15 is 0 Å². The number of nitrogens with one attached hydrogen (secondary N) is 1. The second-order valence-corrected chi connectivity index (χ2v) is 2.72. The van der Waals surface area contributed by atoms with E-state index in [1.54, 1.807) is 6.26 Å². The molecule has 0 amide bonds. The van der Waals surface area contributed by atoms with Gasteiger partial charge in [-0.3, -0.25) is 0 Å². The summed E-state index contributed by atoms with van der Waals surface area (Å²) in [7, 11) is 0. The molecule has 0 unspecified atom stereocenters. The van der Waals surface area contributed by atoms with Crippen LogP contribution in [0.3, 0.4) is 0 Å². The molecule has 0 radical (unpaired) electrons. The Hall–Kier alpha value is -1.90. The molecule has 2 aromatic rings. The van der Waals surface area contributed by atoms with Crippen molar-refractivity contribution in [3.05, 3.63) is 42.7 Å². The van der Waals surface area contributed by atoms with Gasteiger partial charge in [-0.15, -0.1) is 0 Å². The van der Waals surface area contributed by atoms with Crippen molar-refractivity contribution in [2.75, 3.05) is 11.1 Å². The van der Waals surface area contributed by atoms with Crippen LogP contribution in [-0.2, 0) is 0 Å². The SMILES string of the molecule is Nc1ccc(Nc2ccco2)cc1. The van der Waals surface area contributed by atoms with Gasteiger partial charge in [0.05, 0.1) is 6.26 Å². The van der Waals surface area contributed by atoms with Gasteiger partial charge in [0, 0.05) is 17.4 Å². The molecule has 0 atom stereocenters. The molecule has 2 rings (SSSR count). The molecule has 1 heterocycles. The predicted molar refractivity (Wildman–Crippen MR) is 52.8 cm³/mol. The highest BCUT2D eigenvalue weighted by Gasteiger charge is 1.94. The highest BCUT2D eigenvalue weighted by atomic mass is 16.3. The second-order valence-electron chi connectivity index (χ2n) is 2.72. The van der Waals surface area contributed by atoms with Crippen LogP contribution in [0.2, 0.25) is 0 Å². The van der Waals surface area contributed by atoms with Gasteiger partial charge in [-0.1, -0.05) is 0 Å². The third-order valence-electron chi connectivity index (χ3n) is 1.70. The largest absolute Gasteiger partial charge is 0.449 e. The lowest BCUT2D eigenvalue weighted by molar-refractivity contribution is 0.585. The Balaban J connectivity index is 2.15. The smallest absolute Gasteiger partial charge is 0.196 e. The normalized spacial score (nSPS) is 9.85. The zero-order valence-corrected chi connectivity index (χ0v) is 7.03. The van der Waals surface area contributed by atoms with E-state index in [1.807, 2.05) is 36.4 Å². The molecule has 1 aromatic heterocycles. The maximum atomic E-state index is 5.55. The molecule has 0 aliphatic rings. The quantitative estimate of drug-likeness (QED) is 0.688. The first-order valence-corrected chi connectivity index (χ1v) is 4.01. The number of rotatable bonds is 2. The van der Waals surface area contributed by atoms with Crippen LogP contribution in [0, 0.1) is 0 Å². The molecule has 0 fully saturated rings. The Kier molecular flexibility index (Phi) is 1.92. The zero-order valence-electron chi connectivity index (χ0n) is 7.03. The van der Waals surface area contributed by atoms with Gasteiger partial charge in [0.1, 0.15) is 0 Å². The first-order chi connectivity index (χ1) is 6.34. The summed E-state index contributed by atoms with van der Waals surface area (Å²) in [5, 5.41) is 3.09. The average molecular weight is 174 g/mol. The highest BCUT2D eigenvalue weighted by Crippen LogP contribution is 2.17. The molecule has 13 heavy (non-hydrogen) atoms. The minimum absolute atomic E-state index is 0.727. The van der Waals surface area contributed by atoms with Crippen LogP contribution >= 0.6 is 0 Å². The summed E-state index contributed by atoms with van der Waals surface area (Å²) in [5.74, 6) is 0.727. The van der Waals surface area contributed by atoms with Crippen LogP contribution in [0.5, 0.6) is 0 Å². The molecule has 3 heteroatoms. The molecular formula is C10H10N2O. The van der Waals surface area contributed by atoms with E-state index in [4.69, 9.17) is 10.2 Å². The molecule has 1 aromatic carbocycles. The van der Waals surface area contributed by atoms with Gasteiger partial charge in [0.25, 0.3) is 0 Å². The van der Waals surface area contributed by atoms with E-state index in [9.17, 15) is 0 Å². The molecule has 66 valence electrons. The minimum atomic E-state index is 0.727. The molecular weight excluding hydrogens is 164 g/mol. The molecule has 3 N–H and O–H groups in total. The van der Waals surface area contributed by atoms with Crippen molar-refractivity contribution in [3.63, 3.8) is 0 Å². The van der Waals surface area contributed by atoms with Crippen molar-refractivity contribution in [1.29, 1.82) is 0 Å². The lowest BCUT2D eigenvalue weighted by Gasteiger charge is -2.01. The van der Waals surface area contributed by atoms with E-state index in [0.717, 1.165) is 17.3 Å². The topological polar surface area (TPSA) is 51.2 Å². The van der Waals surface area contributed by atoms with E-state index in [1.165, 1.54) is 0 Å². The minimum Gasteiger partial charge on any atom is -0.449 e. The van der Waals surface area contributed by atoms with E-state index in [-0.39, 0.29) is 0 Å². The molecule has 0 spiro atoms. The Bertz CT molecular complexity index is 364. The molecule has 0 bridgehead atoms. The number of furan rings is 1. The van der Waals surface area contributed by atoms with Crippen molar-refractivity contribution >= 4 is 17.3 Å². The standard InChI is InChI=1S/C10H10N2O/c11-8-3-5-9(6-4-8)12-10-2-1-7-13-10/h1-7,12H,11H2. The number of hydrogen-bond acceptors (Lipinski definition) is 3. The fourth-order valence-electron chi connectivity index (χ4n) is 1.06. The van der Waals surface area contributed by atoms with Crippen molar-refractivity contribution in [2.24, 2.45) is 0 Å². The molecule has 3 nitrogen and oxygen atoms in total. The van der Waals surface area contributed by atoms with Crippen LogP contribution in [0.4, 0.5) is 17.3 Å². The lowest BCUT2D eigenvalue weighted by atomic mass is 10.3. The molecule has 0 aliphatic carbocycles. The van der Waals surface area contributed by atoms with Crippen LogP contribution in [-0.4, -0.2) is 0 Å². The third-order valence-corrected chi connectivity index (χ3v) is 1.70. The summed E-state index contributed by atoms with van der Waals surface area (Å²) in [4.78, 5) is 0. The van der Waals surface area contributed by atoms with Crippen molar-refractivity contribution in [3.8, 4) is 0 Å². The summed E-state index contributed by atoms with van der Waals surface area (Å²) >= 11 is 0. The second kappa shape index (κ2) is 3.23. The molecule has 0 saturated carbocycles. The number of benzene rings is 1. The fraction of sp³-hybridized carbons (Fsp3) is 0. The maximum absolute atomic E-state index is 5.55. The van der Waals surface area contributed by atoms with Crippen molar-refractivity contribution in [1.82, 2.24) is 0 Å². The van der Waals surface area contributed by atoms with Gasteiger partial charge in [-0.05, 0) is 30.3 Å². The average Bonchev–Trinajstić information content (AvgIpc) is 2.62. The van der Waals surface area contributed by atoms with Crippen LogP contribution in [0.1, 0.15) is 0 Å². The van der Waals surface area contributed by atoms with Crippen LogP contribution < -0.4 is 11.1 Å². The van der Waals surface area contributed by atoms with Gasteiger partial charge < -0.3 is 15.5 Å². The molecule has 0 aliphatic heterocycles. The third kappa shape index (κ3) is 1.82. The van der Waals surface area contributed by atoms with Gasteiger partial charge >= 0.3 is 0 Å². The van der Waals surface area contributed by atoms with Crippen LogP contribution in [0.25, 0.3) is 0 Å². The number of hydrogen-bond donors (Lipinski definition) is 2. The Labute approximate surface area is 76.2 Å². The fourth-order valence-corrected chi connectivity index (χ4v) is 1.06. The lowest BCUT2D eigenvalue weighted by Crippen LogP contribution is -1.89. The number of nitrogens with two attached hydrogens (primary N) is 1. The summed E-state index contributed by atoms with van der Waals surface area (Å²) in [6.45, 7) is 0. The van der Waals surface area contributed by atoms with Crippen molar-refractivity contribution < 1.29 is 4.42 Å². The predicted octanol–water partition coefficient (Wildman–Crippen LogP) is 2.61. The first-order valence-electron chi connectivity index (χ1n) is 4.01. The van der Waals surface area contributed by atoms with Gasteiger partial charge in [0.2, 0.25) is 0 Å².